The molecule has 0 aromatic heterocycles. The quantitative estimate of drug-likeness (QED) is 0.612. The van der Waals surface area contributed by atoms with Crippen LogP contribution in [0.25, 0.3) is 6.08 Å². The molecule has 1 heteroatoms. The molecule has 0 heterocycles. The number of halogens is 1. The topological polar surface area (TPSA) is 0 Å². The molecule has 1 aromatic carbocycles. The average Bonchev–Trinajstić information content (AvgIpc) is 2.02. The normalized spacial score (nSPS) is 12.3. The van der Waals surface area contributed by atoms with Gasteiger partial charge in [0.05, 0.1) is 0 Å². The Bertz CT molecular complexity index is 288. The van der Waals surface area contributed by atoms with Crippen LogP contribution in [0.1, 0.15) is 26.3 Å². The Morgan fingerprint density at radius 1 is 1.08 bits per heavy atom. The van der Waals surface area contributed by atoms with E-state index in [0.29, 0.717) is 0 Å². The molecule has 1 aromatic rings. The Morgan fingerprint density at radius 3 is 2.08 bits per heavy atom. The summed E-state index contributed by atoms with van der Waals surface area (Å²) < 4.78 is 12.5. The molecule has 0 N–H and O–H groups in total. The monoisotopic (exact) mass is 178 g/mol. The minimum absolute atomic E-state index is 0.175. The van der Waals surface area contributed by atoms with Crippen LogP contribution in [0.3, 0.4) is 0 Å². The van der Waals surface area contributed by atoms with Crippen LogP contribution in [0, 0.1) is 11.2 Å². The van der Waals surface area contributed by atoms with Crippen LogP contribution in [-0.4, -0.2) is 0 Å². The van der Waals surface area contributed by atoms with Gasteiger partial charge in [-0.2, -0.15) is 0 Å². The van der Waals surface area contributed by atoms with E-state index in [1.165, 1.54) is 12.1 Å². The van der Waals surface area contributed by atoms with Crippen molar-refractivity contribution in [2.45, 2.75) is 20.8 Å². The van der Waals surface area contributed by atoms with Crippen LogP contribution in [0.5, 0.6) is 0 Å². The first kappa shape index (κ1) is 9.97. The van der Waals surface area contributed by atoms with E-state index in [-0.39, 0.29) is 11.2 Å². The molecule has 13 heavy (non-hydrogen) atoms. The Hall–Kier alpha value is -1.11. The fraction of sp³-hybridized carbons (Fsp3) is 0.333. The van der Waals surface area contributed by atoms with E-state index >= 15 is 0 Å². The maximum absolute atomic E-state index is 12.5. The summed E-state index contributed by atoms with van der Waals surface area (Å²) in [6.45, 7) is 6.40. The summed E-state index contributed by atoms with van der Waals surface area (Å²) in [4.78, 5) is 0. The first-order valence-corrected chi connectivity index (χ1v) is 4.42. The third-order valence-corrected chi connectivity index (χ3v) is 1.65. The van der Waals surface area contributed by atoms with Crippen molar-refractivity contribution in [2.75, 3.05) is 0 Å². The molecule has 0 atom stereocenters. The molecule has 0 fully saturated rings. The molecular weight excluding hydrogens is 163 g/mol. The van der Waals surface area contributed by atoms with E-state index in [2.05, 4.69) is 26.8 Å². The van der Waals surface area contributed by atoms with Crippen molar-refractivity contribution in [3.05, 3.63) is 41.7 Å². The minimum atomic E-state index is -0.187. The Kier molecular flexibility index (Phi) is 2.86. The van der Waals surface area contributed by atoms with Gasteiger partial charge < -0.3 is 0 Å². The molecule has 0 aliphatic heterocycles. The highest BCUT2D eigenvalue weighted by Gasteiger charge is 2.02. The summed E-state index contributed by atoms with van der Waals surface area (Å²) in [6, 6.07) is 6.50. The number of hydrogen-bond donors (Lipinski definition) is 0. The van der Waals surface area contributed by atoms with Gasteiger partial charge in [0.2, 0.25) is 0 Å². The molecule has 1 rings (SSSR count). The Labute approximate surface area is 79.1 Å². The highest BCUT2D eigenvalue weighted by atomic mass is 19.1. The first-order chi connectivity index (χ1) is 5.97. The highest BCUT2D eigenvalue weighted by Crippen LogP contribution is 2.17. The summed E-state index contributed by atoms with van der Waals surface area (Å²) in [6.07, 6.45) is 4.12. The molecule has 0 aliphatic rings. The first-order valence-electron chi connectivity index (χ1n) is 4.42. The zero-order valence-electron chi connectivity index (χ0n) is 8.34. The van der Waals surface area contributed by atoms with E-state index < -0.39 is 0 Å². The van der Waals surface area contributed by atoms with Crippen LogP contribution in [-0.2, 0) is 0 Å². The Morgan fingerprint density at radius 2 is 1.62 bits per heavy atom. The molecule has 0 bridgehead atoms. The lowest BCUT2D eigenvalue weighted by Gasteiger charge is -2.10. The van der Waals surface area contributed by atoms with Gasteiger partial charge >= 0.3 is 0 Å². The van der Waals surface area contributed by atoms with Crippen molar-refractivity contribution in [3.63, 3.8) is 0 Å². The Balaban J connectivity index is 2.75. The average molecular weight is 178 g/mol. The molecule has 70 valence electrons. The van der Waals surface area contributed by atoms with Gasteiger partial charge in [-0.25, -0.2) is 4.39 Å². The highest BCUT2D eigenvalue weighted by molar-refractivity contribution is 5.49. The van der Waals surface area contributed by atoms with Crippen LogP contribution < -0.4 is 0 Å². The van der Waals surface area contributed by atoms with Crippen molar-refractivity contribution >= 4 is 6.08 Å². The zero-order chi connectivity index (χ0) is 9.90. The van der Waals surface area contributed by atoms with Crippen molar-refractivity contribution in [3.8, 4) is 0 Å². The summed E-state index contributed by atoms with van der Waals surface area (Å²) in [7, 11) is 0. The van der Waals surface area contributed by atoms with Crippen LogP contribution in [0.15, 0.2) is 30.3 Å². The van der Waals surface area contributed by atoms with E-state index in [9.17, 15) is 4.39 Å². The number of hydrogen-bond acceptors (Lipinski definition) is 0. The minimum Gasteiger partial charge on any atom is -0.207 e. The molecule has 0 amide bonds. The lowest BCUT2D eigenvalue weighted by Crippen LogP contribution is -1.97. The number of benzene rings is 1. The van der Waals surface area contributed by atoms with E-state index in [0.717, 1.165) is 5.56 Å². The van der Waals surface area contributed by atoms with Crippen molar-refractivity contribution < 1.29 is 4.39 Å². The second-order valence-electron chi connectivity index (χ2n) is 4.25. The summed E-state index contributed by atoms with van der Waals surface area (Å²) in [5.74, 6) is -0.187. The molecule has 0 spiro atoms. The van der Waals surface area contributed by atoms with Gasteiger partial charge in [0, 0.05) is 0 Å². The van der Waals surface area contributed by atoms with Gasteiger partial charge in [-0.1, -0.05) is 45.1 Å². The maximum atomic E-state index is 12.5. The summed E-state index contributed by atoms with van der Waals surface area (Å²) in [5, 5.41) is 0. The summed E-state index contributed by atoms with van der Waals surface area (Å²) in [5.41, 5.74) is 1.21. The largest absolute Gasteiger partial charge is 0.207 e. The molecule has 0 radical (unpaired) electrons. The maximum Gasteiger partial charge on any atom is 0.123 e. The van der Waals surface area contributed by atoms with Gasteiger partial charge in [-0.05, 0) is 23.1 Å². The number of allylic oxidation sites excluding steroid dienone is 1. The van der Waals surface area contributed by atoms with Gasteiger partial charge in [-0.3, -0.25) is 0 Å². The van der Waals surface area contributed by atoms with Crippen molar-refractivity contribution in [1.29, 1.82) is 0 Å². The summed E-state index contributed by atoms with van der Waals surface area (Å²) >= 11 is 0. The third kappa shape index (κ3) is 3.88. The second-order valence-corrected chi connectivity index (χ2v) is 4.25. The van der Waals surface area contributed by atoms with Crippen LogP contribution in [0.4, 0.5) is 4.39 Å². The van der Waals surface area contributed by atoms with Gasteiger partial charge in [0.25, 0.3) is 0 Å². The second kappa shape index (κ2) is 3.73. The van der Waals surface area contributed by atoms with E-state index in [1.54, 1.807) is 12.1 Å². The van der Waals surface area contributed by atoms with Gasteiger partial charge in [0.15, 0.2) is 0 Å². The molecule has 0 saturated heterocycles. The standard InChI is InChI=1S/C12H15F/c1-12(2,3)9-8-10-4-6-11(13)7-5-10/h4-9H,1-3H3. The van der Waals surface area contributed by atoms with E-state index in [1.807, 2.05) is 6.08 Å². The molecule has 0 aliphatic carbocycles. The number of rotatable bonds is 1. The molecule has 0 unspecified atom stereocenters. The predicted octanol–water partition coefficient (Wildman–Crippen LogP) is 3.89. The van der Waals surface area contributed by atoms with Gasteiger partial charge in [-0.15, -0.1) is 0 Å². The predicted molar refractivity (Wildman–Crippen MR) is 54.9 cm³/mol. The van der Waals surface area contributed by atoms with Gasteiger partial charge in [0.1, 0.15) is 5.82 Å². The molecule has 0 saturated carbocycles. The smallest absolute Gasteiger partial charge is 0.123 e. The molecule has 0 nitrogen and oxygen atoms in total. The molecular formula is C12H15F. The van der Waals surface area contributed by atoms with Crippen molar-refractivity contribution in [1.82, 2.24) is 0 Å². The SMILES string of the molecule is CC(C)(C)C=Cc1ccc(F)cc1. The fourth-order valence-corrected chi connectivity index (χ4v) is 0.920. The van der Waals surface area contributed by atoms with Crippen LogP contribution in [0.2, 0.25) is 0 Å². The van der Waals surface area contributed by atoms with Crippen LogP contribution >= 0.6 is 0 Å². The van der Waals surface area contributed by atoms with Crippen molar-refractivity contribution in [2.24, 2.45) is 5.41 Å². The third-order valence-electron chi connectivity index (χ3n) is 1.65. The zero-order valence-corrected chi connectivity index (χ0v) is 8.34. The fourth-order valence-electron chi connectivity index (χ4n) is 0.920. The lowest BCUT2D eigenvalue weighted by atomic mass is 9.95. The lowest BCUT2D eigenvalue weighted by molar-refractivity contribution is 0.547. The van der Waals surface area contributed by atoms with E-state index in [4.69, 9.17) is 0 Å².